The van der Waals surface area contributed by atoms with E-state index in [1.807, 2.05) is 19.1 Å². The van der Waals surface area contributed by atoms with Gasteiger partial charge in [0.05, 0.1) is 18.3 Å². The Kier molecular flexibility index (Phi) is 5.97. The summed E-state index contributed by atoms with van der Waals surface area (Å²) in [7, 11) is 1.38. The molecular weight excluding hydrogens is 346 g/mol. The number of methoxy groups -OCH3 is 1. The van der Waals surface area contributed by atoms with Gasteiger partial charge in [-0.05, 0) is 36.8 Å². The molecule has 0 fully saturated rings. The van der Waals surface area contributed by atoms with Gasteiger partial charge in [-0.25, -0.2) is 5.43 Å². The minimum atomic E-state index is -0.923. The Labute approximate surface area is 149 Å². The molecule has 0 spiro atoms. The fourth-order valence-electron chi connectivity index (χ4n) is 1.86. The van der Waals surface area contributed by atoms with Gasteiger partial charge in [0.25, 0.3) is 0 Å². The molecule has 0 saturated heterocycles. The van der Waals surface area contributed by atoms with E-state index in [1.165, 1.54) is 25.5 Å². The van der Waals surface area contributed by atoms with Crippen molar-refractivity contribution in [2.24, 2.45) is 5.10 Å². The van der Waals surface area contributed by atoms with E-state index < -0.39 is 11.8 Å². The number of aromatic hydroxyl groups is 1. The number of hydrazone groups is 1. The van der Waals surface area contributed by atoms with Crippen LogP contribution in [-0.2, 0) is 9.59 Å². The average molecular weight is 362 g/mol. The summed E-state index contributed by atoms with van der Waals surface area (Å²) in [6.07, 6.45) is 1.27. The molecule has 0 bridgehead atoms. The number of carbonyl (C=O) groups excluding carboxylic acids is 2. The van der Waals surface area contributed by atoms with Gasteiger partial charge in [0, 0.05) is 5.69 Å². The number of nitrogens with one attached hydrogen (secondary N) is 2. The minimum Gasteiger partial charge on any atom is -0.503 e. The highest BCUT2D eigenvalue weighted by atomic mass is 35.5. The third-order valence-corrected chi connectivity index (χ3v) is 3.45. The lowest BCUT2D eigenvalue weighted by Gasteiger charge is -2.06. The van der Waals surface area contributed by atoms with Crippen molar-refractivity contribution in [2.75, 3.05) is 12.4 Å². The van der Waals surface area contributed by atoms with Crippen molar-refractivity contribution in [3.63, 3.8) is 0 Å². The number of nitrogens with zero attached hydrogens (tertiary/aromatic N) is 1. The number of phenols is 1. The molecule has 0 radical (unpaired) electrons. The molecule has 0 saturated carbocycles. The Balaban J connectivity index is 1.97. The highest BCUT2D eigenvalue weighted by Gasteiger charge is 2.13. The maximum Gasteiger partial charge on any atom is 0.329 e. The van der Waals surface area contributed by atoms with Gasteiger partial charge in [0.2, 0.25) is 0 Å². The third-order valence-electron chi connectivity index (χ3n) is 3.17. The van der Waals surface area contributed by atoms with E-state index in [1.54, 1.807) is 12.1 Å². The van der Waals surface area contributed by atoms with E-state index in [4.69, 9.17) is 16.3 Å². The molecule has 0 unspecified atom stereocenters. The fraction of sp³-hybridized carbons (Fsp3) is 0.118. The zero-order valence-corrected chi connectivity index (χ0v) is 14.3. The maximum atomic E-state index is 11.8. The van der Waals surface area contributed by atoms with Crippen LogP contribution in [0.2, 0.25) is 5.02 Å². The zero-order chi connectivity index (χ0) is 18.4. The number of hydrogen-bond acceptors (Lipinski definition) is 5. The Morgan fingerprint density at radius 3 is 2.52 bits per heavy atom. The Bertz CT molecular complexity index is 819. The molecule has 2 aromatic rings. The first-order chi connectivity index (χ1) is 11.9. The lowest BCUT2D eigenvalue weighted by Crippen LogP contribution is -2.32. The molecule has 0 atom stereocenters. The Hall–Kier alpha value is -3.06. The molecule has 0 aliphatic heterocycles. The maximum absolute atomic E-state index is 11.8. The highest BCUT2D eigenvalue weighted by Crippen LogP contribution is 2.34. The molecule has 2 amide bonds. The van der Waals surface area contributed by atoms with Gasteiger partial charge in [0.1, 0.15) is 0 Å². The number of hydrogen-bond donors (Lipinski definition) is 3. The molecular formula is C17H16ClN3O4. The van der Waals surface area contributed by atoms with Crippen LogP contribution >= 0.6 is 11.6 Å². The van der Waals surface area contributed by atoms with Crippen molar-refractivity contribution < 1.29 is 19.4 Å². The van der Waals surface area contributed by atoms with Crippen LogP contribution in [0.5, 0.6) is 11.5 Å². The van der Waals surface area contributed by atoms with Crippen LogP contribution in [0.25, 0.3) is 0 Å². The van der Waals surface area contributed by atoms with Crippen LogP contribution in [0.15, 0.2) is 41.5 Å². The predicted octanol–water partition coefficient (Wildman–Crippen LogP) is 2.45. The second kappa shape index (κ2) is 8.16. The lowest BCUT2D eigenvalue weighted by molar-refractivity contribution is -0.136. The smallest absolute Gasteiger partial charge is 0.329 e. The number of phenolic OH excluding ortho intramolecular Hbond substituents is 1. The molecule has 0 heterocycles. The molecule has 2 rings (SSSR count). The normalized spacial score (nSPS) is 10.5. The molecule has 7 nitrogen and oxygen atoms in total. The van der Waals surface area contributed by atoms with Crippen LogP contribution in [0.1, 0.15) is 11.1 Å². The summed E-state index contributed by atoms with van der Waals surface area (Å²) in [6, 6.07) is 9.91. The van der Waals surface area contributed by atoms with Crippen LogP contribution in [0, 0.1) is 6.92 Å². The second-order valence-corrected chi connectivity index (χ2v) is 5.48. The van der Waals surface area contributed by atoms with Gasteiger partial charge in [-0.1, -0.05) is 29.3 Å². The largest absolute Gasteiger partial charge is 0.503 e. The van der Waals surface area contributed by atoms with Crippen LogP contribution in [0.4, 0.5) is 5.69 Å². The van der Waals surface area contributed by atoms with Gasteiger partial charge in [-0.15, -0.1) is 0 Å². The summed E-state index contributed by atoms with van der Waals surface area (Å²) < 4.78 is 4.96. The van der Waals surface area contributed by atoms with Crippen LogP contribution < -0.4 is 15.5 Å². The van der Waals surface area contributed by atoms with Crippen molar-refractivity contribution in [1.29, 1.82) is 0 Å². The monoisotopic (exact) mass is 361 g/mol. The van der Waals surface area contributed by atoms with E-state index >= 15 is 0 Å². The molecule has 3 N–H and O–H groups in total. The fourth-order valence-corrected chi connectivity index (χ4v) is 2.08. The molecule has 0 aliphatic rings. The standard InChI is InChI=1S/C17H16ClN3O4/c1-10-3-5-12(6-4-10)20-16(23)17(24)21-19-9-11-7-13(18)15(22)14(8-11)25-2/h3-9,22H,1-2H3,(H,20,23)(H,21,24)/b19-9+. The van der Waals surface area contributed by atoms with Crippen molar-refractivity contribution in [2.45, 2.75) is 6.92 Å². The quantitative estimate of drug-likeness (QED) is 0.442. The number of halogens is 1. The number of amides is 2. The minimum absolute atomic E-state index is 0.0734. The molecule has 0 aliphatic carbocycles. The van der Waals surface area contributed by atoms with Crippen molar-refractivity contribution in [3.05, 3.63) is 52.5 Å². The SMILES string of the molecule is COc1cc(/C=N/NC(=O)C(=O)Nc2ccc(C)cc2)cc(Cl)c1O. The van der Waals surface area contributed by atoms with Gasteiger partial charge in [-0.3, -0.25) is 9.59 Å². The number of carbonyl (C=O) groups is 2. The Morgan fingerprint density at radius 1 is 1.20 bits per heavy atom. The van der Waals surface area contributed by atoms with E-state index in [2.05, 4.69) is 15.8 Å². The van der Waals surface area contributed by atoms with E-state index in [0.29, 0.717) is 11.3 Å². The predicted molar refractivity (Wildman–Crippen MR) is 95.2 cm³/mol. The van der Waals surface area contributed by atoms with E-state index in [-0.39, 0.29) is 16.5 Å². The summed E-state index contributed by atoms with van der Waals surface area (Å²) in [5.74, 6) is -1.80. The van der Waals surface area contributed by atoms with Gasteiger partial charge >= 0.3 is 11.8 Å². The molecule has 25 heavy (non-hydrogen) atoms. The molecule has 130 valence electrons. The molecule has 0 aromatic heterocycles. The number of aryl methyl sites for hydroxylation is 1. The number of benzene rings is 2. The first-order valence-corrected chi connectivity index (χ1v) is 7.56. The van der Waals surface area contributed by atoms with Crippen molar-refractivity contribution >= 4 is 35.3 Å². The third kappa shape index (κ3) is 4.95. The summed E-state index contributed by atoms with van der Waals surface area (Å²) in [5.41, 5.74) is 4.12. The molecule has 8 heteroatoms. The summed E-state index contributed by atoms with van der Waals surface area (Å²) in [6.45, 7) is 1.91. The van der Waals surface area contributed by atoms with Crippen LogP contribution in [0.3, 0.4) is 0 Å². The van der Waals surface area contributed by atoms with Crippen molar-refractivity contribution in [1.82, 2.24) is 5.43 Å². The topological polar surface area (TPSA) is 100 Å². The highest BCUT2D eigenvalue weighted by molar-refractivity contribution is 6.39. The summed E-state index contributed by atoms with van der Waals surface area (Å²) >= 11 is 5.85. The average Bonchev–Trinajstić information content (AvgIpc) is 2.59. The van der Waals surface area contributed by atoms with Gasteiger partial charge in [-0.2, -0.15) is 5.10 Å². The number of ether oxygens (including phenoxy) is 1. The zero-order valence-electron chi connectivity index (χ0n) is 13.5. The van der Waals surface area contributed by atoms with Gasteiger partial charge in [0.15, 0.2) is 11.5 Å². The van der Waals surface area contributed by atoms with Crippen LogP contribution in [-0.4, -0.2) is 30.2 Å². The van der Waals surface area contributed by atoms with E-state index in [0.717, 1.165) is 5.56 Å². The number of anilines is 1. The van der Waals surface area contributed by atoms with Gasteiger partial charge < -0.3 is 15.2 Å². The first-order valence-electron chi connectivity index (χ1n) is 7.18. The molecule has 2 aromatic carbocycles. The van der Waals surface area contributed by atoms with Crippen molar-refractivity contribution in [3.8, 4) is 11.5 Å². The van der Waals surface area contributed by atoms with E-state index in [9.17, 15) is 14.7 Å². The second-order valence-electron chi connectivity index (χ2n) is 5.07. The Morgan fingerprint density at radius 2 is 1.88 bits per heavy atom. The lowest BCUT2D eigenvalue weighted by atomic mass is 10.2. The first kappa shape index (κ1) is 18.3. The summed E-state index contributed by atoms with van der Waals surface area (Å²) in [5, 5.41) is 15.9. The number of rotatable bonds is 4. The summed E-state index contributed by atoms with van der Waals surface area (Å²) in [4.78, 5) is 23.5.